The van der Waals surface area contributed by atoms with Gasteiger partial charge in [0.2, 0.25) is 5.75 Å². The Morgan fingerprint density at radius 1 is 0.629 bits per heavy atom. The highest BCUT2D eigenvalue weighted by atomic mass is 16.5. The number of benzene rings is 3. The van der Waals surface area contributed by atoms with Crippen molar-refractivity contribution in [3.63, 3.8) is 0 Å². The van der Waals surface area contributed by atoms with Crippen LogP contribution < -0.4 is 18.9 Å². The molecule has 0 aromatic heterocycles. The minimum absolute atomic E-state index is 0.00931. The predicted molar refractivity (Wildman–Crippen MR) is 136 cm³/mol. The second-order valence-corrected chi connectivity index (χ2v) is 8.52. The van der Waals surface area contributed by atoms with Crippen molar-refractivity contribution in [1.82, 2.24) is 0 Å². The second-order valence-electron chi connectivity index (χ2n) is 8.52. The lowest BCUT2D eigenvalue weighted by Gasteiger charge is -2.19. The number of methoxy groups -OCH3 is 4. The average Bonchev–Trinajstić information content (AvgIpc) is 2.86. The van der Waals surface area contributed by atoms with Crippen molar-refractivity contribution in [3.8, 4) is 51.4 Å². The number of phenolic OH excluding ortho intramolecular Hbond substituents is 3. The molecule has 35 heavy (non-hydrogen) atoms. The maximum absolute atomic E-state index is 11.0. The smallest absolute Gasteiger partial charge is 0.200 e. The van der Waals surface area contributed by atoms with E-state index in [9.17, 15) is 15.3 Å². The first kappa shape index (κ1) is 25.9. The SMILES string of the molecule is CCCc1cc(OC)c(O)c(-c2cc(CC(C)c3cc(OC)c(O)c(OC)c3)cc(OC)c2O)c1. The Morgan fingerprint density at radius 3 is 1.51 bits per heavy atom. The molecule has 188 valence electrons. The van der Waals surface area contributed by atoms with Crippen LogP contribution in [-0.4, -0.2) is 43.8 Å². The highest BCUT2D eigenvalue weighted by molar-refractivity contribution is 5.81. The van der Waals surface area contributed by atoms with Gasteiger partial charge >= 0.3 is 0 Å². The Labute approximate surface area is 206 Å². The Hall–Kier alpha value is -3.74. The quantitative estimate of drug-likeness (QED) is 0.336. The zero-order valence-electron chi connectivity index (χ0n) is 21.1. The van der Waals surface area contributed by atoms with Crippen molar-refractivity contribution < 1.29 is 34.3 Å². The summed E-state index contributed by atoms with van der Waals surface area (Å²) >= 11 is 0. The summed E-state index contributed by atoms with van der Waals surface area (Å²) in [5.41, 5.74) is 3.75. The zero-order chi connectivity index (χ0) is 25.7. The third kappa shape index (κ3) is 5.34. The third-order valence-electron chi connectivity index (χ3n) is 6.15. The first-order chi connectivity index (χ1) is 16.8. The molecular weight excluding hydrogens is 448 g/mol. The summed E-state index contributed by atoms with van der Waals surface area (Å²) in [5, 5.41) is 32.1. The van der Waals surface area contributed by atoms with Crippen LogP contribution in [0, 0.1) is 0 Å². The highest BCUT2D eigenvalue weighted by Gasteiger charge is 2.21. The fraction of sp³-hybridized carbons (Fsp3) is 0.357. The number of ether oxygens (including phenoxy) is 4. The Kier molecular flexibility index (Phi) is 8.22. The normalized spacial score (nSPS) is 11.7. The molecule has 0 aliphatic rings. The van der Waals surface area contributed by atoms with Crippen LogP contribution in [0.4, 0.5) is 0 Å². The van der Waals surface area contributed by atoms with Gasteiger partial charge in [0, 0.05) is 11.1 Å². The van der Waals surface area contributed by atoms with E-state index < -0.39 is 0 Å². The molecule has 3 N–H and O–H groups in total. The second kappa shape index (κ2) is 11.1. The molecule has 0 saturated heterocycles. The molecule has 3 aromatic rings. The van der Waals surface area contributed by atoms with E-state index >= 15 is 0 Å². The summed E-state index contributed by atoms with van der Waals surface area (Å²) in [6, 6.07) is 10.9. The van der Waals surface area contributed by atoms with Gasteiger partial charge in [-0.15, -0.1) is 0 Å². The van der Waals surface area contributed by atoms with E-state index in [1.54, 1.807) is 18.2 Å². The molecule has 0 saturated carbocycles. The first-order valence-electron chi connectivity index (χ1n) is 11.5. The van der Waals surface area contributed by atoms with Gasteiger partial charge in [-0.25, -0.2) is 0 Å². The molecule has 7 heteroatoms. The van der Waals surface area contributed by atoms with Crippen LogP contribution in [-0.2, 0) is 12.8 Å². The summed E-state index contributed by atoms with van der Waals surface area (Å²) in [7, 11) is 5.99. The number of rotatable bonds is 10. The van der Waals surface area contributed by atoms with Crippen LogP contribution in [0.5, 0.6) is 40.2 Å². The summed E-state index contributed by atoms with van der Waals surface area (Å²) in [6.45, 7) is 4.13. The van der Waals surface area contributed by atoms with Gasteiger partial charge in [0.05, 0.1) is 28.4 Å². The van der Waals surface area contributed by atoms with Crippen molar-refractivity contribution in [2.24, 2.45) is 0 Å². The molecule has 3 aromatic carbocycles. The molecule has 0 radical (unpaired) electrons. The maximum Gasteiger partial charge on any atom is 0.200 e. The van der Waals surface area contributed by atoms with Gasteiger partial charge in [-0.05, 0) is 71.8 Å². The molecule has 0 bridgehead atoms. The molecule has 0 aliphatic heterocycles. The van der Waals surface area contributed by atoms with E-state index in [4.69, 9.17) is 18.9 Å². The van der Waals surface area contributed by atoms with Crippen molar-refractivity contribution in [1.29, 1.82) is 0 Å². The van der Waals surface area contributed by atoms with E-state index in [1.807, 2.05) is 25.1 Å². The summed E-state index contributed by atoms with van der Waals surface area (Å²) in [5.74, 6) is 1.20. The Morgan fingerprint density at radius 2 is 1.06 bits per heavy atom. The molecule has 0 fully saturated rings. The predicted octanol–water partition coefficient (Wildman–Crippen LogP) is 5.80. The van der Waals surface area contributed by atoms with E-state index in [0.29, 0.717) is 40.5 Å². The topological polar surface area (TPSA) is 97.6 Å². The summed E-state index contributed by atoms with van der Waals surface area (Å²) in [6.07, 6.45) is 2.33. The van der Waals surface area contributed by atoms with Crippen LogP contribution in [0.1, 0.15) is 42.9 Å². The van der Waals surface area contributed by atoms with Crippen LogP contribution in [0.15, 0.2) is 36.4 Å². The lowest BCUT2D eigenvalue weighted by atomic mass is 9.90. The number of aromatic hydroxyl groups is 3. The minimum atomic E-state index is -0.0529. The maximum atomic E-state index is 11.0. The van der Waals surface area contributed by atoms with Gasteiger partial charge < -0.3 is 34.3 Å². The Bertz CT molecular complexity index is 1160. The van der Waals surface area contributed by atoms with Gasteiger partial charge in [0.15, 0.2) is 34.5 Å². The van der Waals surface area contributed by atoms with E-state index in [2.05, 4.69) is 6.92 Å². The fourth-order valence-corrected chi connectivity index (χ4v) is 4.27. The molecule has 3 rings (SSSR count). The average molecular weight is 483 g/mol. The minimum Gasteiger partial charge on any atom is -0.504 e. The van der Waals surface area contributed by atoms with Gasteiger partial charge in [-0.2, -0.15) is 0 Å². The molecule has 1 atom stereocenters. The number of hydrogen-bond acceptors (Lipinski definition) is 7. The molecule has 0 spiro atoms. The van der Waals surface area contributed by atoms with Crippen molar-refractivity contribution in [2.75, 3.05) is 28.4 Å². The standard InChI is InChI=1S/C28H34O7/c1-7-8-17-10-20(26(29)22(12-17)32-3)21-11-18(13-23(33-4)27(21)30)9-16(2)19-14-24(34-5)28(31)25(15-19)35-6/h10-16,29-31H,7-9H2,1-6H3. The fourth-order valence-electron chi connectivity index (χ4n) is 4.27. The molecule has 0 aliphatic carbocycles. The summed E-state index contributed by atoms with van der Waals surface area (Å²) < 4.78 is 21.5. The van der Waals surface area contributed by atoms with E-state index in [0.717, 1.165) is 29.5 Å². The van der Waals surface area contributed by atoms with E-state index in [-0.39, 0.29) is 23.2 Å². The number of hydrogen-bond donors (Lipinski definition) is 3. The van der Waals surface area contributed by atoms with Gasteiger partial charge in [0.25, 0.3) is 0 Å². The Balaban J connectivity index is 2.08. The lowest BCUT2D eigenvalue weighted by Crippen LogP contribution is -2.02. The largest absolute Gasteiger partial charge is 0.504 e. The van der Waals surface area contributed by atoms with Crippen LogP contribution in [0.3, 0.4) is 0 Å². The first-order valence-corrected chi connectivity index (χ1v) is 11.5. The van der Waals surface area contributed by atoms with Crippen LogP contribution >= 0.6 is 0 Å². The summed E-state index contributed by atoms with van der Waals surface area (Å²) in [4.78, 5) is 0. The highest BCUT2D eigenvalue weighted by Crippen LogP contribution is 2.46. The van der Waals surface area contributed by atoms with Crippen LogP contribution in [0.25, 0.3) is 11.1 Å². The van der Waals surface area contributed by atoms with Gasteiger partial charge in [-0.1, -0.05) is 20.3 Å². The van der Waals surface area contributed by atoms with E-state index in [1.165, 1.54) is 28.4 Å². The lowest BCUT2D eigenvalue weighted by molar-refractivity contribution is 0.338. The zero-order valence-corrected chi connectivity index (χ0v) is 21.1. The molecule has 0 amide bonds. The molecular formula is C28H34O7. The van der Waals surface area contributed by atoms with Crippen molar-refractivity contribution in [3.05, 3.63) is 53.1 Å². The van der Waals surface area contributed by atoms with Gasteiger partial charge in [-0.3, -0.25) is 0 Å². The molecule has 1 unspecified atom stereocenters. The number of aryl methyl sites for hydroxylation is 1. The van der Waals surface area contributed by atoms with Crippen LogP contribution in [0.2, 0.25) is 0 Å². The van der Waals surface area contributed by atoms with Crippen molar-refractivity contribution >= 4 is 0 Å². The van der Waals surface area contributed by atoms with Gasteiger partial charge in [0.1, 0.15) is 0 Å². The molecule has 7 nitrogen and oxygen atoms in total. The third-order valence-corrected chi connectivity index (χ3v) is 6.15. The van der Waals surface area contributed by atoms with Crippen molar-refractivity contribution in [2.45, 2.75) is 39.0 Å². The monoisotopic (exact) mass is 482 g/mol. The number of phenols is 3. The molecule has 0 heterocycles.